The standard InChI is InChI=1S/C11H21BO2/c1-6-7-8-14-9(2)11(4,5)12-10(3)13/h12H,2,6-8H2,1,3-5H3. The van der Waals surface area contributed by atoms with E-state index in [0.717, 1.165) is 18.6 Å². The highest BCUT2D eigenvalue weighted by atomic mass is 16.5. The number of hydrogen-bond donors (Lipinski definition) is 0. The van der Waals surface area contributed by atoms with Crippen LogP contribution in [0.5, 0.6) is 0 Å². The Morgan fingerprint density at radius 3 is 2.50 bits per heavy atom. The zero-order valence-corrected chi connectivity index (χ0v) is 9.85. The molecule has 0 aliphatic carbocycles. The first-order valence-corrected chi connectivity index (χ1v) is 5.21. The van der Waals surface area contributed by atoms with Gasteiger partial charge in [0, 0.05) is 5.31 Å². The Balaban J connectivity index is 4.01. The van der Waals surface area contributed by atoms with E-state index in [1.165, 1.54) is 0 Å². The van der Waals surface area contributed by atoms with Crippen LogP contribution in [0.3, 0.4) is 0 Å². The number of unbranched alkanes of at least 4 members (excludes halogenated alkanes) is 1. The molecule has 0 saturated carbocycles. The molecule has 0 unspecified atom stereocenters. The number of allylic oxidation sites excluding steroid dienone is 1. The van der Waals surface area contributed by atoms with E-state index in [0.29, 0.717) is 13.9 Å². The van der Waals surface area contributed by atoms with Crippen molar-refractivity contribution in [1.82, 2.24) is 0 Å². The van der Waals surface area contributed by atoms with Crippen molar-refractivity contribution in [3.8, 4) is 0 Å². The molecule has 0 N–H and O–H groups in total. The molecule has 0 aromatic heterocycles. The van der Waals surface area contributed by atoms with Crippen LogP contribution in [0.1, 0.15) is 40.5 Å². The maximum absolute atomic E-state index is 11.0. The average molecular weight is 196 g/mol. The number of hydrogen-bond acceptors (Lipinski definition) is 2. The Bertz CT molecular complexity index is 209. The Hall–Kier alpha value is -0.725. The monoisotopic (exact) mass is 196 g/mol. The third-order valence-electron chi connectivity index (χ3n) is 2.22. The normalized spacial score (nSPS) is 10.9. The van der Waals surface area contributed by atoms with Gasteiger partial charge in [0.25, 0.3) is 0 Å². The van der Waals surface area contributed by atoms with Crippen LogP contribution < -0.4 is 0 Å². The van der Waals surface area contributed by atoms with Crippen molar-refractivity contribution in [2.45, 2.75) is 45.9 Å². The summed E-state index contributed by atoms with van der Waals surface area (Å²) in [6, 6.07) is 0. The van der Waals surface area contributed by atoms with Gasteiger partial charge >= 0.3 is 0 Å². The molecule has 0 fully saturated rings. The van der Waals surface area contributed by atoms with E-state index >= 15 is 0 Å². The predicted octanol–water partition coefficient (Wildman–Crippen LogP) is 2.50. The molecular weight excluding hydrogens is 175 g/mol. The summed E-state index contributed by atoms with van der Waals surface area (Å²) in [5.41, 5.74) is 0.176. The molecule has 0 rings (SSSR count). The molecule has 0 spiro atoms. The Labute approximate surface area is 88.0 Å². The van der Waals surface area contributed by atoms with Gasteiger partial charge in [-0.05, 0) is 13.3 Å². The minimum absolute atomic E-state index is 0.176. The fourth-order valence-electron chi connectivity index (χ4n) is 1.26. The molecular formula is C11H21BO2. The summed E-state index contributed by atoms with van der Waals surface area (Å²) in [7, 11) is 0.498. The lowest BCUT2D eigenvalue weighted by Crippen LogP contribution is -2.23. The first kappa shape index (κ1) is 13.3. The molecule has 0 saturated heterocycles. The molecule has 14 heavy (non-hydrogen) atoms. The van der Waals surface area contributed by atoms with Crippen LogP contribution in [0.15, 0.2) is 12.3 Å². The SMILES string of the molecule is C=C(OCCCC)C(C)(C)BC(C)=O. The van der Waals surface area contributed by atoms with Gasteiger partial charge in [-0.3, -0.25) is 0 Å². The summed E-state index contributed by atoms with van der Waals surface area (Å²) in [5.74, 6) is 0.723. The smallest absolute Gasteiger partial charge is 0.219 e. The third-order valence-corrected chi connectivity index (χ3v) is 2.22. The van der Waals surface area contributed by atoms with Crippen molar-refractivity contribution < 1.29 is 9.53 Å². The maximum atomic E-state index is 11.0. The summed E-state index contributed by atoms with van der Waals surface area (Å²) >= 11 is 0. The lowest BCUT2D eigenvalue weighted by Gasteiger charge is -2.25. The minimum Gasteiger partial charge on any atom is -0.499 e. The lowest BCUT2D eigenvalue weighted by molar-refractivity contribution is -0.110. The first-order valence-electron chi connectivity index (χ1n) is 5.21. The van der Waals surface area contributed by atoms with Gasteiger partial charge < -0.3 is 9.53 Å². The summed E-state index contributed by atoms with van der Waals surface area (Å²) in [6.07, 6.45) is 2.15. The molecule has 0 aliphatic heterocycles. The van der Waals surface area contributed by atoms with Crippen molar-refractivity contribution >= 4 is 13.0 Å². The molecule has 3 heteroatoms. The first-order chi connectivity index (χ1) is 6.40. The van der Waals surface area contributed by atoms with Crippen LogP contribution >= 0.6 is 0 Å². The maximum Gasteiger partial charge on any atom is 0.219 e. The van der Waals surface area contributed by atoms with Crippen molar-refractivity contribution in [2.75, 3.05) is 6.61 Å². The molecule has 2 nitrogen and oxygen atoms in total. The topological polar surface area (TPSA) is 26.3 Å². The van der Waals surface area contributed by atoms with Crippen LogP contribution in [0.2, 0.25) is 5.31 Å². The van der Waals surface area contributed by atoms with Crippen LogP contribution in [-0.4, -0.2) is 19.6 Å². The molecule has 80 valence electrons. The van der Waals surface area contributed by atoms with E-state index in [1.807, 2.05) is 13.8 Å². The fourth-order valence-corrected chi connectivity index (χ4v) is 1.26. The second-order valence-electron chi connectivity index (χ2n) is 4.39. The highest BCUT2D eigenvalue weighted by Gasteiger charge is 2.26. The molecule has 0 aromatic rings. The number of carbonyl (C=O) groups excluding carboxylic acids is 1. The number of rotatable bonds is 7. The van der Waals surface area contributed by atoms with Crippen molar-refractivity contribution in [3.63, 3.8) is 0 Å². The van der Waals surface area contributed by atoms with Crippen molar-refractivity contribution in [1.29, 1.82) is 0 Å². The average Bonchev–Trinajstić information content (AvgIpc) is 2.02. The number of carbonyl (C=O) groups is 1. The molecule has 0 aliphatic rings. The summed E-state index contributed by atoms with van der Waals surface area (Å²) in [4.78, 5) is 11.0. The Kier molecular flexibility index (Phi) is 5.59. The van der Waals surface area contributed by atoms with E-state index in [9.17, 15) is 4.79 Å². The quantitative estimate of drug-likeness (QED) is 0.355. The highest BCUT2D eigenvalue weighted by molar-refractivity contribution is 6.76. The molecule has 0 atom stereocenters. The molecule has 0 radical (unpaired) electrons. The van der Waals surface area contributed by atoms with Gasteiger partial charge in [0.15, 0.2) is 0 Å². The van der Waals surface area contributed by atoms with E-state index in [1.54, 1.807) is 6.92 Å². The molecule has 0 aromatic carbocycles. The van der Waals surface area contributed by atoms with Crippen LogP contribution in [0, 0.1) is 0 Å². The van der Waals surface area contributed by atoms with E-state index in [-0.39, 0.29) is 11.0 Å². The summed E-state index contributed by atoms with van der Waals surface area (Å²) < 4.78 is 5.50. The van der Waals surface area contributed by atoms with Crippen LogP contribution in [0.25, 0.3) is 0 Å². The van der Waals surface area contributed by atoms with Gasteiger partial charge in [-0.1, -0.05) is 33.8 Å². The van der Waals surface area contributed by atoms with Crippen LogP contribution in [0.4, 0.5) is 0 Å². The van der Waals surface area contributed by atoms with Gasteiger partial charge in [0.2, 0.25) is 7.28 Å². The largest absolute Gasteiger partial charge is 0.499 e. The second kappa shape index (κ2) is 5.89. The summed E-state index contributed by atoms with van der Waals surface area (Å²) in [5, 5.41) is -0.237. The third kappa shape index (κ3) is 5.10. The summed E-state index contributed by atoms with van der Waals surface area (Å²) in [6.45, 7) is 12.3. The van der Waals surface area contributed by atoms with Gasteiger partial charge in [0.1, 0.15) is 0 Å². The zero-order chi connectivity index (χ0) is 11.2. The van der Waals surface area contributed by atoms with Crippen LogP contribution in [-0.2, 0) is 9.53 Å². The van der Waals surface area contributed by atoms with Crippen molar-refractivity contribution in [3.05, 3.63) is 12.3 Å². The Morgan fingerprint density at radius 1 is 1.50 bits per heavy atom. The zero-order valence-electron chi connectivity index (χ0n) is 9.85. The van der Waals surface area contributed by atoms with Gasteiger partial charge in [-0.25, -0.2) is 0 Å². The fraction of sp³-hybridized carbons (Fsp3) is 0.727. The van der Waals surface area contributed by atoms with Crippen molar-refractivity contribution in [2.24, 2.45) is 0 Å². The molecule has 0 amide bonds. The molecule has 0 heterocycles. The molecule has 0 bridgehead atoms. The number of ether oxygens (including phenoxy) is 1. The Morgan fingerprint density at radius 2 is 2.07 bits per heavy atom. The van der Waals surface area contributed by atoms with Gasteiger partial charge in [0.05, 0.1) is 18.0 Å². The van der Waals surface area contributed by atoms with E-state index < -0.39 is 0 Å². The second-order valence-corrected chi connectivity index (χ2v) is 4.39. The van der Waals surface area contributed by atoms with E-state index in [4.69, 9.17) is 4.74 Å². The van der Waals surface area contributed by atoms with Gasteiger partial charge in [-0.15, -0.1) is 0 Å². The predicted molar refractivity (Wildman–Crippen MR) is 61.9 cm³/mol. The van der Waals surface area contributed by atoms with E-state index in [2.05, 4.69) is 13.5 Å². The lowest BCUT2D eigenvalue weighted by atomic mass is 9.51. The minimum atomic E-state index is -0.237. The van der Waals surface area contributed by atoms with Gasteiger partial charge in [-0.2, -0.15) is 0 Å². The highest BCUT2D eigenvalue weighted by Crippen LogP contribution is 2.32.